The van der Waals surface area contributed by atoms with Crippen molar-refractivity contribution in [1.82, 2.24) is 15.1 Å². The number of carbonyl (C=O) groups excluding carboxylic acids is 2. The Kier molecular flexibility index (Phi) is 5.16. The lowest BCUT2D eigenvalue weighted by molar-refractivity contribution is -0.121. The molecule has 3 N–H and O–H groups in total. The average molecular weight is 254 g/mol. The van der Waals surface area contributed by atoms with Gasteiger partial charge in [-0.2, -0.15) is 5.10 Å². The molecule has 100 valence electrons. The number of nitrogens with two attached hydrogens (primary N) is 1. The van der Waals surface area contributed by atoms with Crippen molar-refractivity contribution in [2.45, 2.75) is 26.8 Å². The molecular weight excluding hydrogens is 236 g/mol. The van der Waals surface area contributed by atoms with Gasteiger partial charge in [0.1, 0.15) is 0 Å². The molecular formula is C11H18N4O3. The number of aromatic nitrogens is 2. The van der Waals surface area contributed by atoms with Crippen LogP contribution in [0.3, 0.4) is 0 Å². The summed E-state index contributed by atoms with van der Waals surface area (Å²) in [5.41, 5.74) is 6.00. The Morgan fingerprint density at radius 1 is 1.50 bits per heavy atom. The molecule has 18 heavy (non-hydrogen) atoms. The minimum absolute atomic E-state index is 0.0655. The number of amides is 1. The summed E-state index contributed by atoms with van der Waals surface area (Å²) in [4.78, 5) is 22.7. The number of anilines is 1. The second-order valence-electron chi connectivity index (χ2n) is 3.62. The molecule has 0 aliphatic heterocycles. The molecule has 0 saturated heterocycles. The number of nitrogen functional groups attached to an aromatic ring is 1. The Bertz CT molecular complexity index is 428. The number of aryl methyl sites for hydroxylation is 1. The van der Waals surface area contributed by atoms with Gasteiger partial charge < -0.3 is 15.8 Å². The van der Waals surface area contributed by atoms with E-state index < -0.39 is 5.97 Å². The number of hydrogen-bond donors (Lipinski definition) is 2. The van der Waals surface area contributed by atoms with Crippen molar-refractivity contribution >= 4 is 17.6 Å². The molecule has 0 saturated carbocycles. The van der Waals surface area contributed by atoms with Crippen molar-refractivity contribution in [2.75, 3.05) is 18.9 Å². The highest BCUT2D eigenvalue weighted by molar-refractivity contribution is 5.92. The third kappa shape index (κ3) is 3.76. The molecule has 0 atom stereocenters. The van der Waals surface area contributed by atoms with E-state index in [9.17, 15) is 9.59 Å². The number of ether oxygens (including phenoxy) is 1. The Hall–Kier alpha value is -2.05. The Balaban J connectivity index is 2.61. The number of esters is 1. The van der Waals surface area contributed by atoms with Gasteiger partial charge in [-0.3, -0.25) is 9.48 Å². The zero-order chi connectivity index (χ0) is 13.5. The first kappa shape index (κ1) is 14.0. The fraction of sp³-hybridized carbons (Fsp3) is 0.545. The van der Waals surface area contributed by atoms with Gasteiger partial charge in [0.2, 0.25) is 5.91 Å². The first-order valence-electron chi connectivity index (χ1n) is 5.85. The normalized spacial score (nSPS) is 10.1. The van der Waals surface area contributed by atoms with Crippen LogP contribution in [0.1, 0.15) is 30.8 Å². The van der Waals surface area contributed by atoms with Crippen molar-refractivity contribution in [1.29, 1.82) is 0 Å². The lowest BCUT2D eigenvalue weighted by atomic mass is 10.4. The average Bonchev–Trinajstić information content (AvgIpc) is 2.69. The Morgan fingerprint density at radius 2 is 2.22 bits per heavy atom. The molecule has 1 heterocycles. The van der Waals surface area contributed by atoms with Gasteiger partial charge in [0.15, 0.2) is 5.69 Å². The molecule has 1 aromatic rings. The minimum atomic E-state index is -0.549. The van der Waals surface area contributed by atoms with E-state index in [4.69, 9.17) is 10.5 Å². The summed E-state index contributed by atoms with van der Waals surface area (Å²) in [7, 11) is 0. The minimum Gasteiger partial charge on any atom is -0.461 e. The smallest absolute Gasteiger partial charge is 0.361 e. The maximum Gasteiger partial charge on any atom is 0.361 e. The van der Waals surface area contributed by atoms with Gasteiger partial charge in [0.25, 0.3) is 0 Å². The van der Waals surface area contributed by atoms with Crippen molar-refractivity contribution in [3.05, 3.63) is 11.9 Å². The van der Waals surface area contributed by atoms with Crippen LogP contribution in [0, 0.1) is 0 Å². The molecule has 7 heteroatoms. The Labute approximate surface area is 105 Å². The van der Waals surface area contributed by atoms with Crippen LogP contribution in [-0.4, -0.2) is 34.8 Å². The summed E-state index contributed by atoms with van der Waals surface area (Å²) in [5.74, 6) is -0.615. The highest BCUT2D eigenvalue weighted by atomic mass is 16.5. The van der Waals surface area contributed by atoms with E-state index in [1.807, 2.05) is 6.92 Å². The second kappa shape index (κ2) is 6.63. The molecule has 0 aliphatic carbocycles. The second-order valence-corrected chi connectivity index (χ2v) is 3.62. The van der Waals surface area contributed by atoms with Crippen LogP contribution in [0.4, 0.5) is 5.69 Å². The van der Waals surface area contributed by atoms with Crippen LogP contribution < -0.4 is 11.1 Å². The van der Waals surface area contributed by atoms with Crippen LogP contribution >= 0.6 is 0 Å². The maximum atomic E-state index is 11.5. The maximum absolute atomic E-state index is 11.5. The fourth-order valence-corrected chi connectivity index (χ4v) is 1.41. The van der Waals surface area contributed by atoms with E-state index in [0.717, 1.165) is 0 Å². The van der Waals surface area contributed by atoms with Crippen molar-refractivity contribution < 1.29 is 14.3 Å². The molecule has 0 aliphatic rings. The summed E-state index contributed by atoms with van der Waals surface area (Å²) in [6.45, 7) is 4.79. The fourth-order valence-electron chi connectivity index (χ4n) is 1.41. The van der Waals surface area contributed by atoms with E-state index in [0.29, 0.717) is 13.1 Å². The first-order valence-corrected chi connectivity index (χ1v) is 5.85. The zero-order valence-corrected chi connectivity index (χ0v) is 10.6. The van der Waals surface area contributed by atoms with Crippen LogP contribution in [0.25, 0.3) is 0 Å². The van der Waals surface area contributed by atoms with E-state index >= 15 is 0 Å². The summed E-state index contributed by atoms with van der Waals surface area (Å²) >= 11 is 0. The molecule has 0 spiro atoms. The highest BCUT2D eigenvalue weighted by Crippen LogP contribution is 2.10. The number of hydrogen-bond acceptors (Lipinski definition) is 5. The van der Waals surface area contributed by atoms with Crippen LogP contribution in [0.15, 0.2) is 6.20 Å². The van der Waals surface area contributed by atoms with E-state index in [1.165, 1.54) is 10.9 Å². The van der Waals surface area contributed by atoms with Gasteiger partial charge in [-0.15, -0.1) is 0 Å². The van der Waals surface area contributed by atoms with Gasteiger partial charge in [-0.1, -0.05) is 0 Å². The predicted octanol–water partition coefficient (Wildman–Crippen LogP) is 0.168. The number of carbonyl (C=O) groups is 2. The lowest BCUT2D eigenvalue weighted by Crippen LogP contribution is -2.23. The molecule has 0 fully saturated rings. The van der Waals surface area contributed by atoms with Gasteiger partial charge in [0, 0.05) is 25.7 Å². The molecule has 1 aromatic heterocycles. The third-order valence-corrected chi connectivity index (χ3v) is 2.20. The number of rotatable bonds is 6. The van der Waals surface area contributed by atoms with Crippen LogP contribution in [0.5, 0.6) is 0 Å². The zero-order valence-electron chi connectivity index (χ0n) is 10.6. The van der Waals surface area contributed by atoms with Gasteiger partial charge in [0.05, 0.1) is 12.3 Å². The SMILES string of the molecule is CCNC(=O)CCn1cc(N)c(C(=O)OCC)n1. The van der Waals surface area contributed by atoms with E-state index in [1.54, 1.807) is 6.92 Å². The summed E-state index contributed by atoms with van der Waals surface area (Å²) in [6, 6.07) is 0. The van der Waals surface area contributed by atoms with Crippen molar-refractivity contribution in [2.24, 2.45) is 0 Å². The number of nitrogens with zero attached hydrogens (tertiary/aromatic N) is 2. The quantitative estimate of drug-likeness (QED) is 0.705. The molecule has 1 amide bonds. The molecule has 7 nitrogen and oxygen atoms in total. The van der Waals surface area contributed by atoms with E-state index in [-0.39, 0.29) is 30.3 Å². The lowest BCUT2D eigenvalue weighted by Gasteiger charge is -2.02. The van der Waals surface area contributed by atoms with Crippen LogP contribution in [-0.2, 0) is 16.1 Å². The standard InChI is InChI=1S/C11H18N4O3/c1-3-13-9(16)5-6-15-7-8(12)10(14-15)11(17)18-4-2/h7H,3-6,12H2,1-2H3,(H,13,16). The van der Waals surface area contributed by atoms with Gasteiger partial charge in [-0.05, 0) is 13.8 Å². The number of nitrogens with one attached hydrogen (secondary N) is 1. The monoisotopic (exact) mass is 254 g/mol. The van der Waals surface area contributed by atoms with Crippen molar-refractivity contribution in [3.63, 3.8) is 0 Å². The molecule has 0 radical (unpaired) electrons. The van der Waals surface area contributed by atoms with Crippen molar-refractivity contribution in [3.8, 4) is 0 Å². The summed E-state index contributed by atoms with van der Waals surface area (Å²) < 4.78 is 6.28. The third-order valence-electron chi connectivity index (χ3n) is 2.20. The molecule has 0 bridgehead atoms. The first-order chi connectivity index (χ1) is 8.58. The summed E-state index contributed by atoms with van der Waals surface area (Å²) in [6.07, 6.45) is 1.81. The van der Waals surface area contributed by atoms with Crippen LogP contribution in [0.2, 0.25) is 0 Å². The summed E-state index contributed by atoms with van der Waals surface area (Å²) in [5, 5.41) is 6.67. The molecule has 0 aromatic carbocycles. The van der Waals surface area contributed by atoms with Gasteiger partial charge in [-0.25, -0.2) is 4.79 Å². The van der Waals surface area contributed by atoms with E-state index in [2.05, 4.69) is 10.4 Å². The molecule has 0 unspecified atom stereocenters. The highest BCUT2D eigenvalue weighted by Gasteiger charge is 2.16. The largest absolute Gasteiger partial charge is 0.461 e. The molecule has 1 rings (SSSR count). The predicted molar refractivity (Wildman–Crippen MR) is 65.9 cm³/mol. The van der Waals surface area contributed by atoms with Gasteiger partial charge >= 0.3 is 5.97 Å². The topological polar surface area (TPSA) is 99.2 Å². The Morgan fingerprint density at radius 3 is 2.83 bits per heavy atom.